The molecule has 0 saturated heterocycles. The summed E-state index contributed by atoms with van der Waals surface area (Å²) in [6, 6.07) is 23.7. The molecule has 0 heterocycles. The fourth-order valence-electron chi connectivity index (χ4n) is 2.95. The molecular weight excluding hydrogens is 296 g/mol. The van der Waals surface area contributed by atoms with Gasteiger partial charge in [0.05, 0.1) is 5.56 Å². The fraction of sp³-hybridized carbons (Fsp3) is 0.136. The highest BCUT2D eigenvalue weighted by Crippen LogP contribution is 2.28. The standard InChI is InChI=1S/C22H20O2/c1-16-13-20(22(23)24-15-18-9-5-3-6-10-18)14-17(2)21(16)19-11-7-4-8-12-19/h3-14H,15H2,1-2H3. The summed E-state index contributed by atoms with van der Waals surface area (Å²) in [5.41, 5.74) is 6.08. The Labute approximate surface area is 142 Å². The van der Waals surface area contributed by atoms with Crippen molar-refractivity contribution < 1.29 is 9.53 Å². The van der Waals surface area contributed by atoms with Crippen LogP contribution in [0, 0.1) is 13.8 Å². The predicted octanol–water partition coefficient (Wildman–Crippen LogP) is 5.33. The topological polar surface area (TPSA) is 26.3 Å². The second-order valence-electron chi connectivity index (χ2n) is 5.91. The Hall–Kier alpha value is -2.87. The molecule has 0 saturated carbocycles. The van der Waals surface area contributed by atoms with Crippen molar-refractivity contribution in [1.29, 1.82) is 0 Å². The Bertz CT molecular complexity index is 813. The number of carbonyl (C=O) groups excluding carboxylic acids is 1. The summed E-state index contributed by atoms with van der Waals surface area (Å²) in [7, 11) is 0. The molecule has 3 aromatic carbocycles. The zero-order valence-electron chi connectivity index (χ0n) is 14.0. The molecule has 0 unspecified atom stereocenters. The van der Waals surface area contributed by atoms with Gasteiger partial charge in [0.1, 0.15) is 6.61 Å². The van der Waals surface area contributed by atoms with Gasteiger partial charge in [0, 0.05) is 0 Å². The van der Waals surface area contributed by atoms with Gasteiger partial charge in [0.15, 0.2) is 0 Å². The molecule has 0 bridgehead atoms. The van der Waals surface area contributed by atoms with Gasteiger partial charge in [-0.2, -0.15) is 0 Å². The molecule has 0 aromatic heterocycles. The number of benzene rings is 3. The van der Waals surface area contributed by atoms with Gasteiger partial charge in [-0.3, -0.25) is 0 Å². The van der Waals surface area contributed by atoms with Crippen molar-refractivity contribution in [3.05, 3.63) is 95.1 Å². The SMILES string of the molecule is Cc1cc(C(=O)OCc2ccccc2)cc(C)c1-c1ccccc1. The van der Waals surface area contributed by atoms with Crippen LogP contribution in [-0.2, 0) is 11.3 Å². The molecular formula is C22H20O2. The van der Waals surface area contributed by atoms with Gasteiger partial charge >= 0.3 is 5.97 Å². The molecule has 0 fully saturated rings. The first-order chi connectivity index (χ1) is 11.6. The summed E-state index contributed by atoms with van der Waals surface area (Å²) in [6.07, 6.45) is 0. The van der Waals surface area contributed by atoms with Crippen LogP contribution in [0.1, 0.15) is 27.0 Å². The lowest BCUT2D eigenvalue weighted by Crippen LogP contribution is -2.06. The molecule has 3 aromatic rings. The van der Waals surface area contributed by atoms with E-state index in [4.69, 9.17) is 4.74 Å². The van der Waals surface area contributed by atoms with Crippen LogP contribution in [0.3, 0.4) is 0 Å². The minimum Gasteiger partial charge on any atom is -0.457 e. The summed E-state index contributed by atoms with van der Waals surface area (Å²) in [5, 5.41) is 0. The van der Waals surface area contributed by atoms with Crippen LogP contribution in [0.5, 0.6) is 0 Å². The lowest BCUT2D eigenvalue weighted by atomic mass is 9.93. The number of esters is 1. The van der Waals surface area contributed by atoms with Crippen LogP contribution in [0.4, 0.5) is 0 Å². The van der Waals surface area contributed by atoms with Gasteiger partial charge in [0.25, 0.3) is 0 Å². The molecule has 0 radical (unpaired) electrons. The molecule has 120 valence electrons. The van der Waals surface area contributed by atoms with Gasteiger partial charge in [-0.25, -0.2) is 4.79 Å². The number of rotatable bonds is 4. The average Bonchev–Trinajstić information content (AvgIpc) is 2.61. The number of ether oxygens (including phenoxy) is 1. The van der Waals surface area contributed by atoms with Crippen molar-refractivity contribution in [1.82, 2.24) is 0 Å². The van der Waals surface area contributed by atoms with Crippen molar-refractivity contribution in [2.45, 2.75) is 20.5 Å². The van der Waals surface area contributed by atoms with E-state index in [0.717, 1.165) is 22.3 Å². The molecule has 0 amide bonds. The minimum atomic E-state index is -0.287. The summed E-state index contributed by atoms with van der Waals surface area (Å²) in [5.74, 6) is -0.287. The maximum Gasteiger partial charge on any atom is 0.338 e. The molecule has 0 spiro atoms. The Morgan fingerprint density at radius 2 is 1.38 bits per heavy atom. The molecule has 0 aliphatic heterocycles. The first kappa shape index (κ1) is 16.0. The van der Waals surface area contributed by atoms with Crippen LogP contribution in [0.25, 0.3) is 11.1 Å². The van der Waals surface area contributed by atoms with Gasteiger partial charge in [-0.15, -0.1) is 0 Å². The largest absolute Gasteiger partial charge is 0.457 e. The smallest absolute Gasteiger partial charge is 0.338 e. The number of carbonyl (C=O) groups is 1. The Morgan fingerprint density at radius 1 is 0.833 bits per heavy atom. The van der Waals surface area contributed by atoms with E-state index in [0.29, 0.717) is 5.56 Å². The maximum atomic E-state index is 12.3. The molecule has 0 atom stereocenters. The van der Waals surface area contributed by atoms with E-state index in [1.54, 1.807) is 0 Å². The second-order valence-corrected chi connectivity index (χ2v) is 5.91. The molecule has 0 aliphatic carbocycles. The van der Waals surface area contributed by atoms with Crippen LogP contribution in [0.2, 0.25) is 0 Å². The van der Waals surface area contributed by atoms with Crippen molar-refractivity contribution in [2.75, 3.05) is 0 Å². The lowest BCUT2D eigenvalue weighted by molar-refractivity contribution is 0.0472. The summed E-state index contributed by atoms with van der Waals surface area (Å²) in [6.45, 7) is 4.35. The van der Waals surface area contributed by atoms with E-state index in [1.807, 2.05) is 74.5 Å². The van der Waals surface area contributed by atoms with Crippen LogP contribution >= 0.6 is 0 Å². The van der Waals surface area contributed by atoms with Crippen molar-refractivity contribution in [3.63, 3.8) is 0 Å². The second kappa shape index (κ2) is 7.14. The zero-order chi connectivity index (χ0) is 16.9. The van der Waals surface area contributed by atoms with E-state index in [2.05, 4.69) is 12.1 Å². The van der Waals surface area contributed by atoms with Crippen molar-refractivity contribution in [3.8, 4) is 11.1 Å². The van der Waals surface area contributed by atoms with E-state index >= 15 is 0 Å². The lowest BCUT2D eigenvalue weighted by Gasteiger charge is -2.13. The van der Waals surface area contributed by atoms with Crippen LogP contribution in [-0.4, -0.2) is 5.97 Å². The van der Waals surface area contributed by atoms with Crippen molar-refractivity contribution in [2.24, 2.45) is 0 Å². The van der Waals surface area contributed by atoms with E-state index in [9.17, 15) is 4.79 Å². The molecule has 0 N–H and O–H groups in total. The van der Waals surface area contributed by atoms with Gasteiger partial charge < -0.3 is 4.74 Å². The molecule has 2 nitrogen and oxygen atoms in total. The molecule has 0 aliphatic rings. The fourth-order valence-corrected chi connectivity index (χ4v) is 2.95. The summed E-state index contributed by atoms with van der Waals surface area (Å²) >= 11 is 0. The van der Waals surface area contributed by atoms with Gasteiger partial charge in [0.2, 0.25) is 0 Å². The highest BCUT2D eigenvalue weighted by atomic mass is 16.5. The van der Waals surface area contributed by atoms with Gasteiger partial charge in [-0.05, 0) is 53.8 Å². The number of aryl methyl sites for hydroxylation is 2. The average molecular weight is 316 g/mol. The Kier molecular flexibility index (Phi) is 4.76. The molecule has 24 heavy (non-hydrogen) atoms. The monoisotopic (exact) mass is 316 g/mol. The first-order valence-corrected chi connectivity index (χ1v) is 8.03. The highest BCUT2D eigenvalue weighted by molar-refractivity contribution is 5.91. The third kappa shape index (κ3) is 3.54. The minimum absolute atomic E-state index is 0.287. The summed E-state index contributed by atoms with van der Waals surface area (Å²) < 4.78 is 5.43. The normalized spacial score (nSPS) is 10.4. The summed E-state index contributed by atoms with van der Waals surface area (Å²) in [4.78, 5) is 12.3. The predicted molar refractivity (Wildman–Crippen MR) is 96.9 cm³/mol. The van der Waals surface area contributed by atoms with E-state index < -0.39 is 0 Å². The van der Waals surface area contributed by atoms with Crippen LogP contribution in [0.15, 0.2) is 72.8 Å². The van der Waals surface area contributed by atoms with Crippen molar-refractivity contribution >= 4 is 5.97 Å². The maximum absolute atomic E-state index is 12.3. The highest BCUT2D eigenvalue weighted by Gasteiger charge is 2.13. The quantitative estimate of drug-likeness (QED) is 0.608. The molecule has 3 rings (SSSR count). The molecule has 2 heteroatoms. The van der Waals surface area contributed by atoms with Gasteiger partial charge in [-0.1, -0.05) is 60.7 Å². The number of hydrogen-bond acceptors (Lipinski definition) is 2. The Morgan fingerprint density at radius 3 is 1.96 bits per heavy atom. The van der Waals surface area contributed by atoms with E-state index in [1.165, 1.54) is 5.56 Å². The van der Waals surface area contributed by atoms with Crippen LogP contribution < -0.4 is 0 Å². The number of hydrogen-bond donors (Lipinski definition) is 0. The zero-order valence-corrected chi connectivity index (χ0v) is 14.0. The first-order valence-electron chi connectivity index (χ1n) is 8.03. The Balaban J connectivity index is 1.81. The third-order valence-corrected chi connectivity index (χ3v) is 4.04. The third-order valence-electron chi connectivity index (χ3n) is 4.04. The van der Waals surface area contributed by atoms with E-state index in [-0.39, 0.29) is 12.6 Å².